The number of nitrogens with one attached hydrogen (secondary N) is 1. The van der Waals surface area contributed by atoms with Crippen molar-refractivity contribution in [2.45, 2.75) is 103 Å². The number of benzene rings is 1. The van der Waals surface area contributed by atoms with Gasteiger partial charge in [0.15, 0.2) is 0 Å². The van der Waals surface area contributed by atoms with Crippen LogP contribution in [0.25, 0.3) is 0 Å². The quantitative estimate of drug-likeness (QED) is 0.204. The summed E-state index contributed by atoms with van der Waals surface area (Å²) in [6.07, 6.45) is 19.6. The average molecular weight is 464 g/mol. The molecule has 7 heteroatoms. The molecule has 0 aliphatic heterocycles. The van der Waals surface area contributed by atoms with Crippen molar-refractivity contribution in [1.29, 1.82) is 0 Å². The van der Waals surface area contributed by atoms with Crippen molar-refractivity contribution in [3.8, 4) is 0 Å². The van der Waals surface area contributed by atoms with Crippen LogP contribution in [0.15, 0.2) is 18.2 Å². The zero-order chi connectivity index (χ0) is 22.0. The topological polar surface area (TPSA) is 92.3 Å². The van der Waals surface area contributed by atoms with E-state index in [0.29, 0.717) is 12.2 Å². The molecule has 0 saturated heterocycles. The number of anilines is 1. The van der Waals surface area contributed by atoms with Crippen LogP contribution < -0.4 is 74.6 Å². The summed E-state index contributed by atoms with van der Waals surface area (Å²) < 4.78 is 0. The molecule has 32 heavy (non-hydrogen) atoms. The van der Waals surface area contributed by atoms with E-state index >= 15 is 0 Å². The van der Waals surface area contributed by atoms with E-state index in [1.807, 2.05) is 0 Å². The molecule has 170 valence electrons. The van der Waals surface area contributed by atoms with Crippen LogP contribution in [0.5, 0.6) is 0 Å². The number of rotatable bonds is 19. The second-order valence-electron chi connectivity index (χ2n) is 8.25. The molecule has 0 heterocycles. The van der Waals surface area contributed by atoms with Crippen molar-refractivity contribution in [3.63, 3.8) is 0 Å². The van der Waals surface area contributed by atoms with Gasteiger partial charge in [0.2, 0.25) is 0 Å². The minimum Gasteiger partial charge on any atom is -0.545 e. The molecule has 0 bridgehead atoms. The van der Waals surface area contributed by atoms with E-state index in [2.05, 4.69) is 12.2 Å². The molecule has 0 radical (unpaired) electrons. The van der Waals surface area contributed by atoms with Crippen molar-refractivity contribution >= 4 is 17.6 Å². The van der Waals surface area contributed by atoms with Gasteiger partial charge in [0.1, 0.15) is 0 Å². The first kappa shape index (κ1) is 34.1. The van der Waals surface area contributed by atoms with E-state index in [4.69, 9.17) is 0 Å². The van der Waals surface area contributed by atoms with E-state index in [0.717, 1.165) is 18.9 Å². The molecular weight excluding hydrogens is 424 g/mol. The molecule has 0 unspecified atom stereocenters. The van der Waals surface area contributed by atoms with Crippen molar-refractivity contribution in [3.05, 3.63) is 29.3 Å². The molecule has 1 N–H and O–H groups in total. The third-order valence-corrected chi connectivity index (χ3v) is 5.51. The standard InChI is InChI=1S/C25H41NO4.2Na/c1-2-3-4-5-6-7-8-9-10-11-12-13-14-15-16-17-26-23-19-21(24(27)28)18-22(20-23)25(29)30;;/h18-20,26H,2-17H2,1H3,(H,27,28)(H,29,30);;/q;2*+1/p-2. The minimum absolute atomic E-state index is 0. The first-order valence-corrected chi connectivity index (χ1v) is 11.9. The van der Waals surface area contributed by atoms with Gasteiger partial charge in [0, 0.05) is 12.2 Å². The molecule has 5 nitrogen and oxygen atoms in total. The summed E-state index contributed by atoms with van der Waals surface area (Å²) in [7, 11) is 0. The van der Waals surface area contributed by atoms with Crippen molar-refractivity contribution < 1.29 is 78.9 Å². The number of carboxylic acid groups (broad SMARTS) is 2. The molecule has 0 aliphatic carbocycles. The van der Waals surface area contributed by atoms with Gasteiger partial charge in [-0.1, -0.05) is 96.8 Å². The smallest absolute Gasteiger partial charge is 0.545 e. The number of aromatic carboxylic acids is 2. The van der Waals surface area contributed by atoms with E-state index in [-0.39, 0.29) is 70.2 Å². The Hall–Kier alpha value is -0.0400. The monoisotopic (exact) mass is 463 g/mol. The molecule has 1 aromatic rings. The average Bonchev–Trinajstić information content (AvgIpc) is 2.73. The van der Waals surface area contributed by atoms with Crippen LogP contribution >= 0.6 is 0 Å². The summed E-state index contributed by atoms with van der Waals surface area (Å²) in [5.41, 5.74) is 0.160. The van der Waals surface area contributed by atoms with E-state index in [1.165, 1.54) is 95.6 Å². The Morgan fingerprint density at radius 1 is 0.625 bits per heavy atom. The molecular formula is C25H39NNa2O4. The zero-order valence-electron chi connectivity index (χ0n) is 20.7. The molecule has 1 aromatic carbocycles. The summed E-state index contributed by atoms with van der Waals surface area (Å²) in [5.74, 6) is -2.79. The summed E-state index contributed by atoms with van der Waals surface area (Å²) in [4.78, 5) is 22.0. The molecule has 0 amide bonds. The Balaban J connectivity index is 0. The van der Waals surface area contributed by atoms with Gasteiger partial charge in [0.25, 0.3) is 0 Å². The number of unbranched alkanes of at least 4 members (excludes halogenated alkanes) is 14. The van der Waals surface area contributed by atoms with Crippen LogP contribution in [0, 0.1) is 0 Å². The van der Waals surface area contributed by atoms with Crippen LogP contribution in [-0.4, -0.2) is 18.5 Å². The third kappa shape index (κ3) is 17.4. The van der Waals surface area contributed by atoms with Gasteiger partial charge in [-0.15, -0.1) is 0 Å². The molecule has 0 spiro atoms. The normalized spacial score (nSPS) is 10.2. The Morgan fingerprint density at radius 3 is 1.31 bits per heavy atom. The fraction of sp³-hybridized carbons (Fsp3) is 0.680. The number of hydrogen-bond donors (Lipinski definition) is 1. The minimum atomic E-state index is -1.40. The second kappa shape index (κ2) is 22.7. The summed E-state index contributed by atoms with van der Waals surface area (Å²) >= 11 is 0. The van der Waals surface area contributed by atoms with Crippen LogP contribution in [0.1, 0.15) is 124 Å². The van der Waals surface area contributed by atoms with Crippen LogP contribution in [0.2, 0.25) is 0 Å². The number of carboxylic acids is 2. The van der Waals surface area contributed by atoms with Gasteiger partial charge in [-0.3, -0.25) is 0 Å². The molecule has 0 saturated carbocycles. The van der Waals surface area contributed by atoms with Gasteiger partial charge in [-0.2, -0.15) is 0 Å². The number of carbonyl (C=O) groups is 2. The van der Waals surface area contributed by atoms with Crippen molar-refractivity contribution in [1.82, 2.24) is 0 Å². The van der Waals surface area contributed by atoms with Crippen LogP contribution in [0.3, 0.4) is 0 Å². The fourth-order valence-corrected chi connectivity index (χ4v) is 3.69. The second-order valence-corrected chi connectivity index (χ2v) is 8.25. The van der Waals surface area contributed by atoms with E-state index < -0.39 is 11.9 Å². The maximum atomic E-state index is 11.0. The Morgan fingerprint density at radius 2 is 0.969 bits per heavy atom. The maximum Gasteiger partial charge on any atom is 1.00 e. The molecule has 0 aliphatic rings. The van der Waals surface area contributed by atoms with Gasteiger partial charge < -0.3 is 25.1 Å². The SMILES string of the molecule is CCCCCCCCCCCCCCCCCNc1cc(C(=O)[O-])cc(C(=O)[O-])c1.[Na+].[Na+]. The fourth-order valence-electron chi connectivity index (χ4n) is 3.69. The molecule has 1 rings (SSSR count). The third-order valence-electron chi connectivity index (χ3n) is 5.51. The largest absolute Gasteiger partial charge is 1.00 e. The van der Waals surface area contributed by atoms with Crippen molar-refractivity contribution in [2.24, 2.45) is 0 Å². The van der Waals surface area contributed by atoms with Crippen LogP contribution in [0.4, 0.5) is 5.69 Å². The summed E-state index contributed by atoms with van der Waals surface area (Å²) in [6.45, 7) is 2.94. The van der Waals surface area contributed by atoms with Gasteiger partial charge in [-0.05, 0) is 35.7 Å². The Bertz CT molecular complexity index is 594. The van der Waals surface area contributed by atoms with Gasteiger partial charge in [0.05, 0.1) is 11.9 Å². The predicted molar refractivity (Wildman–Crippen MR) is 119 cm³/mol. The number of carbonyl (C=O) groups excluding carboxylic acids is 2. The Labute approximate surface area is 239 Å². The van der Waals surface area contributed by atoms with Gasteiger partial charge >= 0.3 is 59.1 Å². The van der Waals surface area contributed by atoms with Crippen LogP contribution in [-0.2, 0) is 0 Å². The number of hydrogen-bond acceptors (Lipinski definition) is 5. The Kier molecular flexibility index (Phi) is 24.3. The first-order chi connectivity index (χ1) is 14.5. The zero-order valence-corrected chi connectivity index (χ0v) is 24.7. The summed E-state index contributed by atoms with van der Waals surface area (Å²) in [6, 6.07) is 3.85. The summed E-state index contributed by atoms with van der Waals surface area (Å²) in [5, 5.41) is 25.1. The van der Waals surface area contributed by atoms with E-state index in [9.17, 15) is 19.8 Å². The van der Waals surface area contributed by atoms with Gasteiger partial charge in [-0.25, -0.2) is 0 Å². The van der Waals surface area contributed by atoms with Crippen molar-refractivity contribution in [2.75, 3.05) is 11.9 Å². The first-order valence-electron chi connectivity index (χ1n) is 11.9. The molecule has 0 fully saturated rings. The molecule has 0 atom stereocenters. The van der Waals surface area contributed by atoms with E-state index in [1.54, 1.807) is 0 Å². The maximum absolute atomic E-state index is 11.0. The molecule has 0 aromatic heterocycles. The predicted octanol–water partition coefficient (Wildman–Crippen LogP) is -1.30.